The van der Waals surface area contributed by atoms with Gasteiger partial charge < -0.3 is 14.8 Å². The fraction of sp³-hybridized carbons (Fsp3) is 0.185. The number of amides is 2. The molecule has 4 rings (SSSR count). The van der Waals surface area contributed by atoms with Crippen LogP contribution in [0.1, 0.15) is 22.3 Å². The van der Waals surface area contributed by atoms with Gasteiger partial charge >= 0.3 is 0 Å². The lowest BCUT2D eigenvalue weighted by Crippen LogP contribution is -2.33. The van der Waals surface area contributed by atoms with Crippen molar-refractivity contribution in [2.45, 2.75) is 20.8 Å². The Labute approximate surface area is 193 Å². The number of benzene rings is 3. The van der Waals surface area contributed by atoms with Crippen LogP contribution >= 0.6 is 0 Å². The van der Waals surface area contributed by atoms with E-state index in [0.717, 1.165) is 22.4 Å². The monoisotopic (exact) mass is 442 g/mol. The first-order valence-electron chi connectivity index (χ1n) is 10.6. The summed E-state index contributed by atoms with van der Waals surface area (Å²) in [5, 5.41) is 3.26. The van der Waals surface area contributed by atoms with Crippen molar-refractivity contribution in [2.24, 2.45) is 0 Å². The van der Waals surface area contributed by atoms with Crippen LogP contribution in [0.25, 0.3) is 5.57 Å². The van der Waals surface area contributed by atoms with Gasteiger partial charge in [0.1, 0.15) is 5.70 Å². The maximum absolute atomic E-state index is 13.7. The predicted octanol–water partition coefficient (Wildman–Crippen LogP) is 5.03. The molecule has 6 heteroatoms. The highest BCUT2D eigenvalue weighted by molar-refractivity contribution is 6.46. The first kappa shape index (κ1) is 22.1. The molecule has 0 saturated carbocycles. The minimum atomic E-state index is -0.403. The van der Waals surface area contributed by atoms with E-state index < -0.39 is 11.8 Å². The lowest BCUT2D eigenvalue weighted by atomic mass is 10.0. The number of anilines is 2. The van der Waals surface area contributed by atoms with Gasteiger partial charge in [0.05, 0.1) is 25.5 Å². The number of rotatable bonds is 6. The Kier molecular flexibility index (Phi) is 5.92. The van der Waals surface area contributed by atoms with E-state index >= 15 is 0 Å². The van der Waals surface area contributed by atoms with Gasteiger partial charge in [0, 0.05) is 5.69 Å². The van der Waals surface area contributed by atoms with Crippen LogP contribution in [0.3, 0.4) is 0 Å². The van der Waals surface area contributed by atoms with Crippen molar-refractivity contribution in [3.8, 4) is 11.5 Å². The fourth-order valence-corrected chi connectivity index (χ4v) is 3.96. The van der Waals surface area contributed by atoms with Crippen molar-refractivity contribution in [3.05, 3.63) is 88.6 Å². The summed E-state index contributed by atoms with van der Waals surface area (Å²) >= 11 is 0. The van der Waals surface area contributed by atoms with Gasteiger partial charge in [0.25, 0.3) is 11.8 Å². The van der Waals surface area contributed by atoms with Gasteiger partial charge in [0.2, 0.25) is 0 Å². The van der Waals surface area contributed by atoms with Crippen LogP contribution in [0.2, 0.25) is 0 Å². The van der Waals surface area contributed by atoms with E-state index in [0.29, 0.717) is 22.7 Å². The quantitative estimate of drug-likeness (QED) is 0.543. The summed E-state index contributed by atoms with van der Waals surface area (Å²) in [5.41, 5.74) is 5.33. The fourth-order valence-electron chi connectivity index (χ4n) is 3.96. The molecule has 0 atom stereocenters. The summed E-state index contributed by atoms with van der Waals surface area (Å²) in [6, 6.07) is 18.4. The Morgan fingerprint density at radius 3 is 2.15 bits per heavy atom. The number of para-hydroxylation sites is 1. The molecule has 168 valence electrons. The van der Waals surface area contributed by atoms with E-state index in [2.05, 4.69) is 5.32 Å². The number of hydrogen-bond acceptors (Lipinski definition) is 5. The number of methoxy groups -OCH3 is 2. The lowest BCUT2D eigenvalue weighted by Gasteiger charge is -2.18. The third kappa shape index (κ3) is 3.84. The molecule has 0 fully saturated rings. The zero-order valence-electron chi connectivity index (χ0n) is 19.4. The van der Waals surface area contributed by atoms with Crippen LogP contribution in [0.15, 0.2) is 66.4 Å². The van der Waals surface area contributed by atoms with E-state index in [9.17, 15) is 9.59 Å². The Balaban J connectivity index is 1.90. The highest BCUT2D eigenvalue weighted by Crippen LogP contribution is 2.38. The summed E-state index contributed by atoms with van der Waals surface area (Å²) in [6.45, 7) is 5.86. The van der Waals surface area contributed by atoms with E-state index in [1.165, 1.54) is 12.0 Å². The second-order valence-electron chi connectivity index (χ2n) is 7.92. The molecule has 2 amide bonds. The zero-order valence-corrected chi connectivity index (χ0v) is 19.4. The summed E-state index contributed by atoms with van der Waals surface area (Å²) in [4.78, 5) is 28.6. The normalized spacial score (nSPS) is 13.5. The van der Waals surface area contributed by atoms with Gasteiger partial charge in [0.15, 0.2) is 11.5 Å². The van der Waals surface area contributed by atoms with E-state index in [1.54, 1.807) is 31.4 Å². The molecule has 0 saturated heterocycles. The molecule has 1 heterocycles. The summed E-state index contributed by atoms with van der Waals surface area (Å²) in [7, 11) is 3.08. The predicted molar refractivity (Wildman–Crippen MR) is 130 cm³/mol. The molecular formula is C27H26N2O4. The number of hydrogen-bond donors (Lipinski definition) is 1. The Morgan fingerprint density at radius 1 is 0.758 bits per heavy atom. The molecule has 1 aliphatic rings. The van der Waals surface area contributed by atoms with Crippen molar-refractivity contribution >= 4 is 28.8 Å². The van der Waals surface area contributed by atoms with E-state index in [4.69, 9.17) is 9.47 Å². The molecule has 0 bridgehead atoms. The van der Waals surface area contributed by atoms with Crippen molar-refractivity contribution in [1.82, 2.24) is 0 Å². The maximum atomic E-state index is 13.7. The maximum Gasteiger partial charge on any atom is 0.282 e. The number of aryl methyl sites for hydroxylation is 2. The Bertz CT molecular complexity index is 1290. The minimum Gasteiger partial charge on any atom is -0.493 e. The molecule has 6 nitrogen and oxygen atoms in total. The SMILES string of the molecule is COc1ccc(C2=C(Nc3cccc(C)c3C)C(=O)N(c3ccccc3C)C2=O)cc1OC. The van der Waals surface area contributed by atoms with Crippen LogP contribution in [-0.2, 0) is 9.59 Å². The Hall–Kier alpha value is -4.06. The number of carbonyl (C=O) groups excluding carboxylic acids is 2. The summed E-state index contributed by atoms with van der Waals surface area (Å²) < 4.78 is 10.8. The lowest BCUT2D eigenvalue weighted by molar-refractivity contribution is -0.120. The highest BCUT2D eigenvalue weighted by atomic mass is 16.5. The molecule has 3 aromatic rings. The van der Waals surface area contributed by atoms with Gasteiger partial charge in [-0.1, -0.05) is 36.4 Å². The standard InChI is InChI=1S/C27H26N2O4/c1-16-10-8-11-20(18(16)3)28-25-24(19-13-14-22(32-4)23(15-19)33-5)26(30)29(27(25)31)21-12-7-6-9-17(21)2/h6-15,28H,1-5H3. The van der Waals surface area contributed by atoms with Crippen LogP contribution in [-0.4, -0.2) is 26.0 Å². The molecule has 33 heavy (non-hydrogen) atoms. The molecule has 0 aliphatic carbocycles. The average molecular weight is 443 g/mol. The molecule has 1 N–H and O–H groups in total. The molecule has 1 aliphatic heterocycles. The number of ether oxygens (including phenoxy) is 2. The van der Waals surface area contributed by atoms with Crippen molar-refractivity contribution in [1.29, 1.82) is 0 Å². The van der Waals surface area contributed by atoms with Crippen LogP contribution in [0, 0.1) is 20.8 Å². The highest BCUT2D eigenvalue weighted by Gasteiger charge is 2.41. The zero-order chi connectivity index (χ0) is 23.7. The topological polar surface area (TPSA) is 67.9 Å². The average Bonchev–Trinajstić information content (AvgIpc) is 3.06. The number of nitrogens with zero attached hydrogens (tertiary/aromatic N) is 1. The second-order valence-corrected chi connectivity index (χ2v) is 7.92. The Morgan fingerprint density at radius 2 is 1.45 bits per heavy atom. The molecule has 0 radical (unpaired) electrons. The first-order chi connectivity index (χ1) is 15.9. The van der Waals surface area contributed by atoms with Gasteiger partial charge in [-0.2, -0.15) is 0 Å². The van der Waals surface area contributed by atoms with Gasteiger partial charge in [-0.05, 0) is 67.3 Å². The van der Waals surface area contributed by atoms with Gasteiger partial charge in [-0.15, -0.1) is 0 Å². The molecule has 0 spiro atoms. The smallest absolute Gasteiger partial charge is 0.282 e. The third-order valence-electron chi connectivity index (χ3n) is 5.98. The number of carbonyl (C=O) groups is 2. The summed E-state index contributed by atoms with van der Waals surface area (Å²) in [5.74, 6) is 0.218. The van der Waals surface area contributed by atoms with Crippen molar-refractivity contribution in [2.75, 3.05) is 24.4 Å². The molecule has 0 aromatic heterocycles. The van der Waals surface area contributed by atoms with Crippen LogP contribution in [0.4, 0.5) is 11.4 Å². The summed E-state index contributed by atoms with van der Waals surface area (Å²) in [6.07, 6.45) is 0. The van der Waals surface area contributed by atoms with Crippen molar-refractivity contribution in [3.63, 3.8) is 0 Å². The molecule has 3 aromatic carbocycles. The van der Waals surface area contributed by atoms with Crippen LogP contribution in [0.5, 0.6) is 11.5 Å². The second kappa shape index (κ2) is 8.82. The largest absolute Gasteiger partial charge is 0.493 e. The molecule has 0 unspecified atom stereocenters. The van der Waals surface area contributed by atoms with Crippen molar-refractivity contribution < 1.29 is 19.1 Å². The minimum absolute atomic E-state index is 0.226. The number of imide groups is 1. The van der Waals surface area contributed by atoms with Gasteiger partial charge in [-0.25, -0.2) is 4.90 Å². The van der Waals surface area contributed by atoms with Gasteiger partial charge in [-0.3, -0.25) is 9.59 Å². The van der Waals surface area contributed by atoms with E-state index in [1.807, 2.05) is 57.2 Å². The van der Waals surface area contributed by atoms with E-state index in [-0.39, 0.29) is 11.3 Å². The van der Waals surface area contributed by atoms with Crippen LogP contribution < -0.4 is 19.7 Å². The number of nitrogens with one attached hydrogen (secondary N) is 1. The first-order valence-corrected chi connectivity index (χ1v) is 10.6. The molecular weight excluding hydrogens is 416 g/mol. The third-order valence-corrected chi connectivity index (χ3v) is 5.98.